The highest BCUT2D eigenvalue weighted by Crippen LogP contribution is 2.12. The third-order valence-electron chi connectivity index (χ3n) is 2.86. The zero-order chi connectivity index (χ0) is 14.9. The average Bonchev–Trinajstić information content (AvgIpc) is 2.54. The Bertz CT molecular complexity index is 596. The van der Waals surface area contributed by atoms with E-state index in [1.165, 1.54) is 0 Å². The van der Waals surface area contributed by atoms with Gasteiger partial charge < -0.3 is 15.2 Å². The smallest absolute Gasteiger partial charge is 0.120 e. The first kappa shape index (κ1) is 15.0. The van der Waals surface area contributed by atoms with Gasteiger partial charge in [0.15, 0.2) is 0 Å². The molecule has 1 aromatic carbocycles. The highest BCUT2D eigenvalue weighted by molar-refractivity contribution is 5.36. The summed E-state index contributed by atoms with van der Waals surface area (Å²) in [7, 11) is 0. The van der Waals surface area contributed by atoms with Crippen molar-refractivity contribution < 1.29 is 9.84 Å². The molecule has 1 unspecified atom stereocenters. The van der Waals surface area contributed by atoms with Crippen molar-refractivity contribution in [2.24, 2.45) is 0 Å². The molecule has 2 rings (SSSR count). The second-order valence-corrected chi connectivity index (χ2v) is 4.59. The lowest BCUT2D eigenvalue weighted by molar-refractivity contribution is 0.106. The number of aromatic nitrogens is 1. The van der Waals surface area contributed by atoms with E-state index < -0.39 is 6.10 Å². The van der Waals surface area contributed by atoms with Crippen LogP contribution in [0.25, 0.3) is 0 Å². The Labute approximate surface area is 123 Å². The van der Waals surface area contributed by atoms with Crippen LogP contribution in [-0.4, -0.2) is 29.3 Å². The topological polar surface area (TPSA) is 78.2 Å². The van der Waals surface area contributed by atoms with Crippen molar-refractivity contribution >= 4 is 0 Å². The lowest BCUT2D eigenvalue weighted by Crippen LogP contribution is -2.31. The highest BCUT2D eigenvalue weighted by Gasteiger charge is 2.05. The quantitative estimate of drug-likeness (QED) is 0.805. The highest BCUT2D eigenvalue weighted by atomic mass is 16.5. The fraction of sp³-hybridized carbons (Fsp3) is 0.250. The van der Waals surface area contributed by atoms with E-state index in [0.29, 0.717) is 24.4 Å². The Balaban J connectivity index is 1.70. The van der Waals surface area contributed by atoms with Crippen molar-refractivity contribution in [3.63, 3.8) is 0 Å². The summed E-state index contributed by atoms with van der Waals surface area (Å²) in [4.78, 5) is 3.95. The Morgan fingerprint density at radius 3 is 2.86 bits per heavy atom. The van der Waals surface area contributed by atoms with Crippen LogP contribution in [0.15, 0.2) is 48.8 Å². The molecule has 21 heavy (non-hydrogen) atoms. The summed E-state index contributed by atoms with van der Waals surface area (Å²) in [5.74, 6) is 0.585. The van der Waals surface area contributed by atoms with Crippen LogP contribution in [0.5, 0.6) is 5.75 Å². The Morgan fingerprint density at radius 2 is 2.10 bits per heavy atom. The van der Waals surface area contributed by atoms with Crippen LogP contribution in [0.2, 0.25) is 0 Å². The summed E-state index contributed by atoms with van der Waals surface area (Å²) >= 11 is 0. The van der Waals surface area contributed by atoms with Crippen molar-refractivity contribution in [2.75, 3.05) is 13.2 Å². The van der Waals surface area contributed by atoms with E-state index in [0.717, 1.165) is 5.56 Å². The SMILES string of the molecule is N#Cc1cccc(OCC(O)CNCc2ccncc2)c1. The molecule has 1 heterocycles. The van der Waals surface area contributed by atoms with Gasteiger partial charge >= 0.3 is 0 Å². The van der Waals surface area contributed by atoms with Crippen LogP contribution in [-0.2, 0) is 6.54 Å². The third kappa shape index (κ3) is 5.22. The number of nitrogens with one attached hydrogen (secondary N) is 1. The number of hydrogen-bond donors (Lipinski definition) is 2. The summed E-state index contributed by atoms with van der Waals surface area (Å²) in [6.07, 6.45) is 2.86. The molecule has 0 amide bonds. The van der Waals surface area contributed by atoms with Gasteiger partial charge in [0.05, 0.1) is 11.6 Å². The predicted octanol–water partition coefficient (Wildman–Crippen LogP) is 1.48. The van der Waals surface area contributed by atoms with Crippen LogP contribution in [0.3, 0.4) is 0 Å². The Hall–Kier alpha value is -2.42. The number of pyridine rings is 1. The second kappa shape index (κ2) is 8.00. The molecule has 0 aliphatic heterocycles. The largest absolute Gasteiger partial charge is 0.491 e. The molecule has 1 atom stereocenters. The van der Waals surface area contributed by atoms with E-state index in [4.69, 9.17) is 10.00 Å². The van der Waals surface area contributed by atoms with E-state index >= 15 is 0 Å². The van der Waals surface area contributed by atoms with Gasteiger partial charge in [0.2, 0.25) is 0 Å². The maximum Gasteiger partial charge on any atom is 0.120 e. The monoisotopic (exact) mass is 283 g/mol. The number of nitrogens with zero attached hydrogens (tertiary/aromatic N) is 2. The van der Waals surface area contributed by atoms with Gasteiger partial charge in [-0.2, -0.15) is 5.26 Å². The zero-order valence-electron chi connectivity index (χ0n) is 11.6. The molecule has 0 bridgehead atoms. The minimum absolute atomic E-state index is 0.179. The molecule has 0 fully saturated rings. The van der Waals surface area contributed by atoms with Crippen LogP contribution in [0.1, 0.15) is 11.1 Å². The van der Waals surface area contributed by atoms with Gasteiger partial charge in [-0.1, -0.05) is 6.07 Å². The fourth-order valence-electron chi connectivity index (χ4n) is 1.79. The summed E-state index contributed by atoms with van der Waals surface area (Å²) in [5.41, 5.74) is 1.65. The van der Waals surface area contributed by atoms with Crippen LogP contribution < -0.4 is 10.1 Å². The summed E-state index contributed by atoms with van der Waals surface area (Å²) in [6, 6.07) is 12.8. The van der Waals surface area contributed by atoms with Gasteiger partial charge in [0, 0.05) is 25.5 Å². The van der Waals surface area contributed by atoms with Gasteiger partial charge in [0.1, 0.15) is 18.5 Å². The summed E-state index contributed by atoms with van der Waals surface area (Å²) in [6.45, 7) is 1.28. The first-order chi connectivity index (χ1) is 10.3. The van der Waals surface area contributed by atoms with Crippen molar-refractivity contribution in [3.05, 3.63) is 59.9 Å². The van der Waals surface area contributed by atoms with E-state index in [9.17, 15) is 5.11 Å². The van der Waals surface area contributed by atoms with Crippen LogP contribution in [0, 0.1) is 11.3 Å². The van der Waals surface area contributed by atoms with Gasteiger partial charge in [-0.25, -0.2) is 0 Å². The number of hydrogen-bond acceptors (Lipinski definition) is 5. The molecule has 5 heteroatoms. The molecule has 5 nitrogen and oxygen atoms in total. The van der Waals surface area contributed by atoms with Gasteiger partial charge in [-0.3, -0.25) is 4.98 Å². The van der Waals surface area contributed by atoms with E-state index in [1.54, 1.807) is 36.7 Å². The van der Waals surface area contributed by atoms with Gasteiger partial charge in [-0.05, 0) is 35.9 Å². The minimum atomic E-state index is -0.613. The standard InChI is InChI=1S/C16H17N3O2/c17-9-14-2-1-3-16(8-14)21-12-15(20)11-19-10-13-4-6-18-7-5-13/h1-8,15,19-20H,10-12H2. The lowest BCUT2D eigenvalue weighted by Gasteiger charge is -2.13. The molecule has 0 aliphatic carbocycles. The maximum atomic E-state index is 9.85. The second-order valence-electron chi connectivity index (χ2n) is 4.59. The predicted molar refractivity (Wildman–Crippen MR) is 78.6 cm³/mol. The van der Waals surface area contributed by atoms with E-state index in [2.05, 4.69) is 10.3 Å². The van der Waals surface area contributed by atoms with Crippen LogP contribution in [0.4, 0.5) is 0 Å². The van der Waals surface area contributed by atoms with Gasteiger partial charge in [-0.15, -0.1) is 0 Å². The molecule has 0 spiro atoms. The molecular formula is C16H17N3O2. The van der Waals surface area contributed by atoms with Gasteiger partial charge in [0.25, 0.3) is 0 Å². The number of nitriles is 1. The molecule has 0 saturated heterocycles. The summed E-state index contributed by atoms with van der Waals surface area (Å²) in [5, 5.41) is 21.8. The van der Waals surface area contributed by atoms with Crippen molar-refractivity contribution in [1.29, 1.82) is 5.26 Å². The maximum absolute atomic E-state index is 9.85. The lowest BCUT2D eigenvalue weighted by atomic mass is 10.2. The van der Waals surface area contributed by atoms with Crippen molar-refractivity contribution in [2.45, 2.75) is 12.6 Å². The Morgan fingerprint density at radius 1 is 1.29 bits per heavy atom. The number of ether oxygens (including phenoxy) is 1. The zero-order valence-corrected chi connectivity index (χ0v) is 11.6. The first-order valence-corrected chi connectivity index (χ1v) is 6.68. The molecule has 1 aromatic heterocycles. The number of rotatable bonds is 7. The molecular weight excluding hydrogens is 266 g/mol. The Kier molecular flexibility index (Phi) is 5.71. The van der Waals surface area contributed by atoms with Crippen LogP contribution >= 0.6 is 0 Å². The van der Waals surface area contributed by atoms with Crippen molar-refractivity contribution in [1.82, 2.24) is 10.3 Å². The first-order valence-electron chi connectivity index (χ1n) is 6.68. The summed E-state index contributed by atoms with van der Waals surface area (Å²) < 4.78 is 5.46. The fourth-order valence-corrected chi connectivity index (χ4v) is 1.79. The van der Waals surface area contributed by atoms with E-state index in [1.807, 2.05) is 18.2 Å². The number of aliphatic hydroxyl groups excluding tert-OH is 1. The molecule has 2 aromatic rings. The molecule has 0 aliphatic rings. The van der Waals surface area contributed by atoms with E-state index in [-0.39, 0.29) is 6.61 Å². The third-order valence-corrected chi connectivity index (χ3v) is 2.86. The minimum Gasteiger partial charge on any atom is -0.491 e. The molecule has 0 saturated carbocycles. The molecule has 2 N–H and O–H groups in total. The average molecular weight is 283 g/mol. The number of aliphatic hydroxyl groups is 1. The van der Waals surface area contributed by atoms with Crippen molar-refractivity contribution in [3.8, 4) is 11.8 Å². The molecule has 0 radical (unpaired) electrons. The molecule has 108 valence electrons. The normalized spacial score (nSPS) is 11.6. The number of benzene rings is 1.